The number of carbonyl (C=O) groups is 1. The summed E-state index contributed by atoms with van der Waals surface area (Å²) in [7, 11) is 0. The van der Waals surface area contributed by atoms with Crippen molar-refractivity contribution in [3.63, 3.8) is 0 Å². The largest absolute Gasteiger partial charge is 0.489 e. The molecule has 132 valence electrons. The van der Waals surface area contributed by atoms with Crippen molar-refractivity contribution in [1.29, 1.82) is 0 Å². The molecule has 0 radical (unpaired) electrons. The summed E-state index contributed by atoms with van der Waals surface area (Å²) in [6.45, 7) is 5.03. The van der Waals surface area contributed by atoms with E-state index < -0.39 is 0 Å². The Bertz CT molecular complexity index is 721. The van der Waals surface area contributed by atoms with Crippen LogP contribution in [0.15, 0.2) is 53.0 Å². The molecule has 0 saturated carbocycles. The highest BCUT2D eigenvalue weighted by Gasteiger charge is 2.23. The van der Waals surface area contributed by atoms with E-state index in [9.17, 15) is 4.79 Å². The molecule has 1 aliphatic rings. The number of amides is 1. The third-order valence-corrected chi connectivity index (χ3v) is 4.92. The lowest BCUT2D eigenvalue weighted by Gasteiger charge is -2.34. The van der Waals surface area contributed by atoms with Gasteiger partial charge in [-0.2, -0.15) is 0 Å². The van der Waals surface area contributed by atoms with Gasteiger partial charge in [0.15, 0.2) is 0 Å². The van der Waals surface area contributed by atoms with Crippen molar-refractivity contribution in [1.82, 2.24) is 10.2 Å². The zero-order chi connectivity index (χ0) is 17.6. The van der Waals surface area contributed by atoms with Gasteiger partial charge in [0, 0.05) is 35.7 Å². The van der Waals surface area contributed by atoms with Crippen LogP contribution in [0.4, 0.5) is 0 Å². The minimum absolute atomic E-state index is 0.150. The van der Waals surface area contributed by atoms with Crippen LogP contribution in [0, 0.1) is 0 Å². The molecule has 5 heteroatoms. The molecular weight excluding hydrogens is 380 g/mol. The van der Waals surface area contributed by atoms with Crippen LogP contribution < -0.4 is 10.1 Å². The Morgan fingerprint density at radius 2 is 2.08 bits per heavy atom. The van der Waals surface area contributed by atoms with E-state index in [1.165, 1.54) is 0 Å². The fraction of sp³-hybridized carbons (Fsp3) is 0.350. The second kappa shape index (κ2) is 8.50. The second-order valence-corrected chi connectivity index (χ2v) is 7.26. The van der Waals surface area contributed by atoms with E-state index in [0.717, 1.165) is 41.0 Å². The molecule has 3 rings (SSSR count). The van der Waals surface area contributed by atoms with Crippen molar-refractivity contribution in [2.24, 2.45) is 0 Å². The van der Waals surface area contributed by atoms with Crippen molar-refractivity contribution < 1.29 is 9.53 Å². The van der Waals surface area contributed by atoms with Crippen LogP contribution in [0.25, 0.3) is 0 Å². The Labute approximate surface area is 157 Å². The molecule has 1 atom stereocenters. The molecule has 2 aromatic rings. The lowest BCUT2D eigenvalue weighted by Crippen LogP contribution is -2.52. The fourth-order valence-electron chi connectivity index (χ4n) is 3.04. The summed E-state index contributed by atoms with van der Waals surface area (Å²) in [5, 5.41) is 3.32. The number of nitrogens with one attached hydrogen (secondary N) is 1. The number of ether oxygens (including phenoxy) is 1. The molecule has 25 heavy (non-hydrogen) atoms. The first-order valence-corrected chi connectivity index (χ1v) is 9.38. The average Bonchev–Trinajstić information content (AvgIpc) is 2.62. The summed E-state index contributed by atoms with van der Waals surface area (Å²) in [5.74, 6) is 0.917. The normalized spacial score (nSPS) is 17.4. The van der Waals surface area contributed by atoms with Crippen LogP contribution in [-0.4, -0.2) is 36.5 Å². The SMILES string of the molecule is C[C@H]1CNCCN1C(=O)Cc1cc(Br)ccc1OCc1ccccc1. The van der Waals surface area contributed by atoms with E-state index in [4.69, 9.17) is 4.74 Å². The quantitative estimate of drug-likeness (QED) is 0.832. The van der Waals surface area contributed by atoms with Crippen molar-refractivity contribution in [3.8, 4) is 5.75 Å². The lowest BCUT2D eigenvalue weighted by molar-refractivity contribution is -0.133. The van der Waals surface area contributed by atoms with Crippen LogP contribution in [-0.2, 0) is 17.8 Å². The molecule has 4 nitrogen and oxygen atoms in total. The van der Waals surface area contributed by atoms with Gasteiger partial charge in [-0.05, 0) is 30.7 Å². The molecule has 1 fully saturated rings. The van der Waals surface area contributed by atoms with Gasteiger partial charge in [-0.25, -0.2) is 0 Å². The van der Waals surface area contributed by atoms with Gasteiger partial charge in [-0.15, -0.1) is 0 Å². The van der Waals surface area contributed by atoms with Crippen LogP contribution in [0.1, 0.15) is 18.1 Å². The molecular formula is C20H23BrN2O2. The maximum absolute atomic E-state index is 12.7. The first-order chi connectivity index (χ1) is 12.1. The molecule has 0 bridgehead atoms. The van der Waals surface area contributed by atoms with Gasteiger partial charge in [0.25, 0.3) is 0 Å². The van der Waals surface area contributed by atoms with E-state index in [2.05, 4.69) is 28.2 Å². The van der Waals surface area contributed by atoms with Gasteiger partial charge in [0.2, 0.25) is 5.91 Å². The first-order valence-electron chi connectivity index (χ1n) is 8.59. The van der Waals surface area contributed by atoms with E-state index >= 15 is 0 Å². The number of hydrogen-bond acceptors (Lipinski definition) is 3. The number of piperazine rings is 1. The van der Waals surface area contributed by atoms with Gasteiger partial charge in [-0.1, -0.05) is 46.3 Å². The zero-order valence-electron chi connectivity index (χ0n) is 14.4. The fourth-order valence-corrected chi connectivity index (χ4v) is 3.45. The molecule has 0 aliphatic carbocycles. The van der Waals surface area contributed by atoms with Crippen molar-refractivity contribution in [2.75, 3.05) is 19.6 Å². The Kier molecular flexibility index (Phi) is 6.10. The van der Waals surface area contributed by atoms with Crippen molar-refractivity contribution in [2.45, 2.75) is 26.0 Å². The van der Waals surface area contributed by atoms with E-state index in [-0.39, 0.29) is 11.9 Å². The summed E-state index contributed by atoms with van der Waals surface area (Å²) >= 11 is 3.50. The number of carbonyl (C=O) groups excluding carboxylic acids is 1. The minimum atomic E-state index is 0.150. The number of benzene rings is 2. The standard InChI is InChI=1S/C20H23BrN2O2/c1-15-13-22-9-10-23(15)20(24)12-17-11-18(21)7-8-19(17)25-14-16-5-3-2-4-6-16/h2-8,11,15,22H,9-10,12-14H2,1H3/t15-/m0/s1. The van der Waals surface area contributed by atoms with Crippen molar-refractivity contribution in [3.05, 3.63) is 64.1 Å². The summed E-state index contributed by atoms with van der Waals surface area (Å²) in [5.41, 5.74) is 2.03. The smallest absolute Gasteiger partial charge is 0.227 e. The second-order valence-electron chi connectivity index (χ2n) is 6.34. The molecule has 1 aliphatic heterocycles. The maximum atomic E-state index is 12.7. The van der Waals surface area contributed by atoms with Crippen LogP contribution in [0.3, 0.4) is 0 Å². The van der Waals surface area contributed by atoms with Crippen molar-refractivity contribution >= 4 is 21.8 Å². The summed E-state index contributed by atoms with van der Waals surface area (Å²) in [6, 6.07) is 16.1. The highest BCUT2D eigenvalue weighted by molar-refractivity contribution is 9.10. The minimum Gasteiger partial charge on any atom is -0.489 e. The molecule has 1 N–H and O–H groups in total. The monoisotopic (exact) mass is 402 g/mol. The Hall–Kier alpha value is -1.85. The number of hydrogen-bond donors (Lipinski definition) is 1. The van der Waals surface area contributed by atoms with E-state index in [0.29, 0.717) is 13.0 Å². The number of halogens is 1. The molecule has 0 aromatic heterocycles. The van der Waals surface area contributed by atoms with E-state index in [1.807, 2.05) is 53.4 Å². The number of rotatable bonds is 5. The molecule has 0 unspecified atom stereocenters. The first kappa shape index (κ1) is 18.0. The maximum Gasteiger partial charge on any atom is 0.227 e. The van der Waals surface area contributed by atoms with Crippen LogP contribution in [0.5, 0.6) is 5.75 Å². The summed E-state index contributed by atoms with van der Waals surface area (Å²) in [4.78, 5) is 14.7. The summed E-state index contributed by atoms with van der Waals surface area (Å²) < 4.78 is 6.94. The topological polar surface area (TPSA) is 41.6 Å². The summed E-state index contributed by atoms with van der Waals surface area (Å²) in [6.07, 6.45) is 0.355. The van der Waals surface area contributed by atoms with Gasteiger partial charge in [-0.3, -0.25) is 4.79 Å². The molecule has 2 aromatic carbocycles. The van der Waals surface area contributed by atoms with Gasteiger partial charge >= 0.3 is 0 Å². The highest BCUT2D eigenvalue weighted by Crippen LogP contribution is 2.25. The Balaban J connectivity index is 1.71. The Morgan fingerprint density at radius 3 is 2.84 bits per heavy atom. The average molecular weight is 403 g/mol. The molecule has 1 amide bonds. The van der Waals surface area contributed by atoms with Gasteiger partial charge in [0.05, 0.1) is 6.42 Å². The third-order valence-electron chi connectivity index (χ3n) is 4.42. The third kappa shape index (κ3) is 4.83. The van der Waals surface area contributed by atoms with E-state index in [1.54, 1.807) is 0 Å². The molecule has 1 heterocycles. The predicted octanol–water partition coefficient (Wildman–Crippen LogP) is 3.39. The Morgan fingerprint density at radius 1 is 1.28 bits per heavy atom. The van der Waals surface area contributed by atoms with Crippen LogP contribution in [0.2, 0.25) is 0 Å². The highest BCUT2D eigenvalue weighted by atomic mass is 79.9. The van der Waals surface area contributed by atoms with Gasteiger partial charge in [0.1, 0.15) is 12.4 Å². The number of nitrogens with zero attached hydrogens (tertiary/aromatic N) is 1. The predicted molar refractivity (Wildman–Crippen MR) is 103 cm³/mol. The van der Waals surface area contributed by atoms with Crippen LogP contribution >= 0.6 is 15.9 Å². The molecule has 0 spiro atoms. The molecule has 1 saturated heterocycles. The zero-order valence-corrected chi connectivity index (χ0v) is 16.0. The lowest BCUT2D eigenvalue weighted by atomic mass is 10.1. The van der Waals surface area contributed by atoms with Gasteiger partial charge < -0.3 is 15.0 Å².